The molecular weight excluding hydrogens is 885 g/mol. The van der Waals surface area contributed by atoms with Crippen molar-refractivity contribution in [1.82, 2.24) is 0 Å². The number of unbranched alkanes of at least 4 members (excludes halogenated alkanes) is 32. The lowest BCUT2D eigenvalue weighted by Crippen LogP contribution is -2.30. The van der Waals surface area contributed by atoms with Crippen LogP contribution in [0.5, 0.6) is 0 Å². The molecule has 0 aliphatic heterocycles. The highest BCUT2D eigenvalue weighted by molar-refractivity contribution is 5.70. The van der Waals surface area contributed by atoms with Crippen molar-refractivity contribution in [1.29, 1.82) is 0 Å². The molecule has 0 aliphatic rings. The highest BCUT2D eigenvalue weighted by Gasteiger charge is 2.17. The van der Waals surface area contributed by atoms with Crippen LogP contribution < -0.4 is 0 Å². The summed E-state index contributed by atoms with van der Waals surface area (Å²) in [5.74, 6) is -0.415. The van der Waals surface area contributed by atoms with E-state index < -0.39 is 6.10 Å². The molecule has 0 spiro atoms. The minimum atomic E-state index is -0.553. The first-order chi connectivity index (χ1) is 35.6. The van der Waals surface area contributed by atoms with Gasteiger partial charge in [0, 0.05) is 19.4 Å². The third-order valence-electron chi connectivity index (χ3n) is 13.4. The third-order valence-corrected chi connectivity index (χ3v) is 13.4. The Hall–Kier alpha value is -2.92. The van der Waals surface area contributed by atoms with Crippen LogP contribution in [-0.4, -0.2) is 37.9 Å². The molecule has 0 aliphatic carbocycles. The largest absolute Gasteiger partial charge is 0.462 e. The molecule has 0 aromatic rings. The van der Waals surface area contributed by atoms with Crippen LogP contribution in [0.3, 0.4) is 0 Å². The lowest BCUT2D eigenvalue weighted by molar-refractivity contribution is -0.163. The minimum absolute atomic E-state index is 0.0720. The summed E-state index contributed by atoms with van der Waals surface area (Å²) >= 11 is 0. The van der Waals surface area contributed by atoms with Gasteiger partial charge in [-0.05, 0) is 116 Å². The SMILES string of the molecule is CC/C=C\C/C=C\C/C=C\CCCCCCCCCC(=O)OC(COCCCCCCCCCCCC/C=C\CCCCCCCC)COC(=O)CCCCCCCC/C=C\C/C=C\C/C=C\CCCCC. The number of hydrogen-bond acceptors (Lipinski definition) is 5. The zero-order valence-corrected chi connectivity index (χ0v) is 47.9. The van der Waals surface area contributed by atoms with E-state index >= 15 is 0 Å². The van der Waals surface area contributed by atoms with Gasteiger partial charge in [-0.25, -0.2) is 0 Å². The fraction of sp³-hybridized carbons (Fsp3) is 0.761. The summed E-state index contributed by atoms with van der Waals surface area (Å²) in [6, 6.07) is 0. The predicted molar refractivity (Wildman–Crippen MR) is 316 cm³/mol. The molecule has 0 heterocycles. The maximum atomic E-state index is 12.9. The van der Waals surface area contributed by atoms with Crippen molar-refractivity contribution < 1.29 is 23.8 Å². The standard InChI is InChI=1S/C67H118O5/c1-4-7-10-13-16-19-22-25-28-31-33-35-38-41-44-47-50-53-56-59-62-70-63-65(72-67(69)61-58-55-52-49-46-43-40-36-30-27-24-21-18-15-12-9-6-3)64-71-66(68)60-57-54-51-48-45-42-39-37-34-32-29-26-23-20-17-14-11-8-5-2/h9,12,17-18,20-21,25-30,34,37,65H,4-8,10-11,13-16,19,22-24,31-33,35-36,38-64H2,1-3H3/b12-9-,20-17-,21-18-,28-25-,29-26-,30-27-,37-34-. The van der Waals surface area contributed by atoms with Gasteiger partial charge in [-0.3, -0.25) is 9.59 Å². The van der Waals surface area contributed by atoms with E-state index in [0.717, 1.165) is 96.3 Å². The maximum absolute atomic E-state index is 12.9. The quantitative estimate of drug-likeness (QED) is 0.0345. The number of carbonyl (C=O) groups is 2. The topological polar surface area (TPSA) is 61.8 Å². The number of carbonyl (C=O) groups excluding carboxylic acids is 2. The maximum Gasteiger partial charge on any atom is 0.306 e. The van der Waals surface area contributed by atoms with Gasteiger partial charge in [-0.2, -0.15) is 0 Å². The molecule has 0 bridgehead atoms. The molecule has 0 aromatic carbocycles. The van der Waals surface area contributed by atoms with Gasteiger partial charge in [0.15, 0.2) is 6.10 Å². The Bertz CT molecular complexity index is 1320. The zero-order valence-electron chi connectivity index (χ0n) is 47.9. The van der Waals surface area contributed by atoms with Gasteiger partial charge in [0.1, 0.15) is 6.61 Å². The van der Waals surface area contributed by atoms with Crippen molar-refractivity contribution in [2.75, 3.05) is 19.8 Å². The second-order valence-electron chi connectivity index (χ2n) is 20.6. The summed E-state index contributed by atoms with van der Waals surface area (Å²) in [5, 5.41) is 0. The second-order valence-corrected chi connectivity index (χ2v) is 20.6. The Morgan fingerprint density at radius 3 is 1.04 bits per heavy atom. The van der Waals surface area contributed by atoms with Crippen LogP contribution in [0.2, 0.25) is 0 Å². The van der Waals surface area contributed by atoms with Crippen LogP contribution in [0.15, 0.2) is 85.1 Å². The molecule has 0 rings (SSSR count). The molecule has 0 fully saturated rings. The lowest BCUT2D eigenvalue weighted by atomic mass is 10.1. The van der Waals surface area contributed by atoms with E-state index in [1.54, 1.807) is 0 Å². The van der Waals surface area contributed by atoms with E-state index in [2.05, 4.69) is 106 Å². The highest BCUT2D eigenvalue weighted by atomic mass is 16.6. The van der Waals surface area contributed by atoms with Crippen molar-refractivity contribution in [3.8, 4) is 0 Å². The molecule has 72 heavy (non-hydrogen) atoms. The molecule has 0 aromatic heterocycles. The van der Waals surface area contributed by atoms with E-state index in [0.29, 0.717) is 19.4 Å². The molecule has 0 saturated heterocycles. The van der Waals surface area contributed by atoms with E-state index in [4.69, 9.17) is 14.2 Å². The molecule has 0 radical (unpaired) electrons. The van der Waals surface area contributed by atoms with Gasteiger partial charge in [0.25, 0.3) is 0 Å². The molecule has 416 valence electrons. The van der Waals surface area contributed by atoms with Gasteiger partial charge < -0.3 is 14.2 Å². The summed E-state index contributed by atoms with van der Waals surface area (Å²) in [6.45, 7) is 7.70. The van der Waals surface area contributed by atoms with Crippen molar-refractivity contribution in [3.05, 3.63) is 85.1 Å². The first-order valence-electron chi connectivity index (χ1n) is 31.1. The summed E-state index contributed by atoms with van der Waals surface area (Å²) in [4.78, 5) is 25.6. The average Bonchev–Trinajstić information content (AvgIpc) is 3.38. The van der Waals surface area contributed by atoms with Gasteiger partial charge in [0.05, 0.1) is 6.61 Å². The van der Waals surface area contributed by atoms with Gasteiger partial charge in [0.2, 0.25) is 0 Å². The Kier molecular flexibility index (Phi) is 59.8. The highest BCUT2D eigenvalue weighted by Crippen LogP contribution is 2.15. The zero-order chi connectivity index (χ0) is 52.0. The van der Waals surface area contributed by atoms with Crippen molar-refractivity contribution in [2.24, 2.45) is 0 Å². The second kappa shape index (κ2) is 62.4. The molecule has 5 heteroatoms. The monoisotopic (exact) mass is 1000 g/mol. The molecular formula is C67H118O5. The van der Waals surface area contributed by atoms with E-state index in [-0.39, 0.29) is 25.2 Å². The average molecular weight is 1000 g/mol. The number of hydrogen-bond donors (Lipinski definition) is 0. The molecule has 1 atom stereocenters. The molecule has 0 amide bonds. The van der Waals surface area contributed by atoms with E-state index in [1.807, 2.05) is 0 Å². The Balaban J connectivity index is 4.31. The van der Waals surface area contributed by atoms with Crippen LogP contribution in [0.25, 0.3) is 0 Å². The van der Waals surface area contributed by atoms with Crippen LogP contribution in [0, 0.1) is 0 Å². The summed E-state index contributed by atoms with van der Waals surface area (Å²) in [5.41, 5.74) is 0. The lowest BCUT2D eigenvalue weighted by Gasteiger charge is -2.18. The van der Waals surface area contributed by atoms with Gasteiger partial charge >= 0.3 is 11.9 Å². The van der Waals surface area contributed by atoms with Gasteiger partial charge in [-0.15, -0.1) is 0 Å². The summed E-state index contributed by atoms with van der Waals surface area (Å²) in [7, 11) is 0. The first kappa shape index (κ1) is 69.1. The summed E-state index contributed by atoms with van der Waals surface area (Å²) in [6.07, 6.45) is 83.3. The Morgan fingerprint density at radius 1 is 0.319 bits per heavy atom. The van der Waals surface area contributed by atoms with E-state index in [9.17, 15) is 9.59 Å². The van der Waals surface area contributed by atoms with Crippen molar-refractivity contribution in [2.45, 2.75) is 309 Å². The van der Waals surface area contributed by atoms with Crippen molar-refractivity contribution >= 4 is 11.9 Å². The number of allylic oxidation sites excluding steroid dienone is 14. The predicted octanol–water partition coefficient (Wildman–Crippen LogP) is 21.6. The number of rotatable bonds is 57. The number of ether oxygens (including phenoxy) is 3. The molecule has 1 unspecified atom stereocenters. The van der Waals surface area contributed by atoms with E-state index in [1.165, 1.54) is 173 Å². The van der Waals surface area contributed by atoms with Crippen LogP contribution >= 0.6 is 0 Å². The number of esters is 2. The van der Waals surface area contributed by atoms with Gasteiger partial charge in [-0.1, -0.05) is 260 Å². The minimum Gasteiger partial charge on any atom is -0.462 e. The fourth-order valence-electron chi connectivity index (χ4n) is 8.76. The van der Waals surface area contributed by atoms with Crippen LogP contribution in [0.4, 0.5) is 0 Å². The third kappa shape index (κ3) is 59.6. The Morgan fingerprint density at radius 2 is 0.625 bits per heavy atom. The van der Waals surface area contributed by atoms with Crippen molar-refractivity contribution in [3.63, 3.8) is 0 Å². The smallest absolute Gasteiger partial charge is 0.306 e. The Labute approximate surface area is 448 Å². The molecule has 0 saturated carbocycles. The molecule has 0 N–H and O–H groups in total. The first-order valence-corrected chi connectivity index (χ1v) is 31.1. The summed E-state index contributed by atoms with van der Waals surface area (Å²) < 4.78 is 17.5. The van der Waals surface area contributed by atoms with Crippen LogP contribution in [0.1, 0.15) is 303 Å². The van der Waals surface area contributed by atoms with Crippen LogP contribution in [-0.2, 0) is 23.8 Å². The normalized spacial score (nSPS) is 12.8. The molecule has 5 nitrogen and oxygen atoms in total. The fourth-order valence-corrected chi connectivity index (χ4v) is 8.76.